The number of rotatable bonds is 3. The lowest BCUT2D eigenvalue weighted by Gasteiger charge is -2.30. The van der Waals surface area contributed by atoms with Gasteiger partial charge >= 0.3 is 0 Å². The van der Waals surface area contributed by atoms with Crippen LogP contribution in [0.25, 0.3) is 0 Å². The Morgan fingerprint density at radius 2 is 1.47 bits per heavy atom. The van der Waals surface area contributed by atoms with Gasteiger partial charge in [-0.15, -0.1) is 0 Å². The van der Waals surface area contributed by atoms with Crippen LogP contribution in [0.1, 0.15) is 70.2 Å². The molecule has 1 rings (SSSR count). The molecule has 0 saturated heterocycles. The van der Waals surface area contributed by atoms with E-state index in [1.165, 1.54) is 22.3 Å². The largest absolute Gasteiger partial charge is 0.487 e. The van der Waals surface area contributed by atoms with Gasteiger partial charge in [0.1, 0.15) is 11.4 Å². The van der Waals surface area contributed by atoms with E-state index in [2.05, 4.69) is 68.4 Å². The minimum absolute atomic E-state index is 0.106. The van der Waals surface area contributed by atoms with E-state index in [4.69, 9.17) is 4.74 Å². The van der Waals surface area contributed by atoms with Crippen molar-refractivity contribution >= 4 is 0 Å². The average Bonchev–Trinajstić information content (AvgIpc) is 2.28. The second-order valence-electron chi connectivity index (χ2n) is 7.29. The maximum atomic E-state index is 6.26. The van der Waals surface area contributed by atoms with Crippen molar-refractivity contribution in [1.29, 1.82) is 0 Å². The van der Waals surface area contributed by atoms with Crippen LogP contribution in [0.5, 0.6) is 5.75 Å². The van der Waals surface area contributed by atoms with Crippen LogP contribution in [-0.2, 0) is 5.41 Å². The molecule has 0 unspecified atom stereocenters. The van der Waals surface area contributed by atoms with Gasteiger partial charge in [-0.05, 0) is 68.7 Å². The first kappa shape index (κ1) is 16.1. The predicted molar refractivity (Wildman–Crippen MR) is 84.4 cm³/mol. The third kappa shape index (κ3) is 3.52. The first-order valence-electron chi connectivity index (χ1n) is 7.30. The van der Waals surface area contributed by atoms with Gasteiger partial charge in [-0.2, -0.15) is 0 Å². The summed E-state index contributed by atoms with van der Waals surface area (Å²) in [6, 6.07) is 2.30. The fourth-order valence-electron chi connectivity index (χ4n) is 2.34. The van der Waals surface area contributed by atoms with Gasteiger partial charge in [0.25, 0.3) is 0 Å². The molecule has 0 N–H and O–H groups in total. The zero-order valence-corrected chi connectivity index (χ0v) is 14.2. The summed E-state index contributed by atoms with van der Waals surface area (Å²) in [5, 5.41) is 0. The van der Waals surface area contributed by atoms with Gasteiger partial charge in [-0.1, -0.05) is 33.8 Å². The molecular weight excluding hydrogens is 232 g/mol. The van der Waals surface area contributed by atoms with Gasteiger partial charge in [0.15, 0.2) is 0 Å². The molecule has 0 aliphatic rings. The fourth-order valence-corrected chi connectivity index (χ4v) is 2.34. The summed E-state index contributed by atoms with van der Waals surface area (Å²) in [5.74, 6) is 1.07. The lowest BCUT2D eigenvalue weighted by molar-refractivity contribution is 0.103. The summed E-state index contributed by atoms with van der Waals surface area (Å²) in [5.41, 5.74) is 5.38. The molecular formula is C18H30O. The first-order chi connectivity index (χ1) is 8.49. The quantitative estimate of drug-likeness (QED) is 0.701. The number of ether oxygens (including phenoxy) is 1. The minimum Gasteiger partial charge on any atom is -0.487 e. The Balaban J connectivity index is 3.35. The van der Waals surface area contributed by atoms with Crippen molar-refractivity contribution in [2.45, 2.75) is 79.8 Å². The second-order valence-corrected chi connectivity index (χ2v) is 7.29. The Morgan fingerprint density at radius 1 is 0.947 bits per heavy atom. The molecule has 0 heterocycles. The van der Waals surface area contributed by atoms with Crippen LogP contribution < -0.4 is 4.74 Å². The van der Waals surface area contributed by atoms with Crippen LogP contribution in [0.3, 0.4) is 0 Å². The first-order valence-corrected chi connectivity index (χ1v) is 7.30. The van der Waals surface area contributed by atoms with Gasteiger partial charge < -0.3 is 4.74 Å². The van der Waals surface area contributed by atoms with Crippen LogP contribution in [0.15, 0.2) is 6.07 Å². The topological polar surface area (TPSA) is 9.23 Å². The van der Waals surface area contributed by atoms with Gasteiger partial charge in [0.2, 0.25) is 0 Å². The molecule has 1 aromatic carbocycles. The van der Waals surface area contributed by atoms with Gasteiger partial charge in [-0.25, -0.2) is 0 Å². The Bertz CT molecular complexity index is 462. The van der Waals surface area contributed by atoms with Crippen LogP contribution >= 0.6 is 0 Å². The lowest BCUT2D eigenvalue weighted by atomic mass is 9.81. The highest BCUT2D eigenvalue weighted by molar-refractivity contribution is 5.51. The van der Waals surface area contributed by atoms with E-state index < -0.39 is 0 Å². The number of hydrogen-bond donors (Lipinski definition) is 0. The summed E-state index contributed by atoms with van der Waals surface area (Å²) in [6.07, 6.45) is 1.01. The standard InChI is InChI=1S/C18H30O/c1-10-18(8,9)19-16-12(2)11-15(17(5,6)7)13(3)14(16)4/h11H,10H2,1-9H3. The summed E-state index contributed by atoms with van der Waals surface area (Å²) in [7, 11) is 0. The Labute approximate surface area is 119 Å². The molecule has 0 atom stereocenters. The van der Waals surface area contributed by atoms with Crippen molar-refractivity contribution in [2.75, 3.05) is 0 Å². The molecule has 0 bridgehead atoms. The molecule has 0 saturated carbocycles. The van der Waals surface area contributed by atoms with E-state index >= 15 is 0 Å². The van der Waals surface area contributed by atoms with E-state index in [0.717, 1.165) is 12.2 Å². The van der Waals surface area contributed by atoms with Crippen molar-refractivity contribution in [2.24, 2.45) is 0 Å². The normalized spacial score (nSPS) is 12.7. The molecule has 0 radical (unpaired) electrons. The number of benzene rings is 1. The summed E-state index contributed by atoms with van der Waals surface area (Å²) >= 11 is 0. The van der Waals surface area contributed by atoms with Crippen molar-refractivity contribution < 1.29 is 4.74 Å². The smallest absolute Gasteiger partial charge is 0.126 e. The molecule has 0 fully saturated rings. The van der Waals surface area contributed by atoms with Gasteiger partial charge in [0, 0.05) is 0 Å². The summed E-state index contributed by atoms with van der Waals surface area (Å²) in [4.78, 5) is 0. The lowest BCUT2D eigenvalue weighted by Crippen LogP contribution is -2.28. The molecule has 1 nitrogen and oxygen atoms in total. The predicted octanol–water partition coefficient (Wildman–Crippen LogP) is 5.48. The molecule has 0 spiro atoms. The molecule has 0 amide bonds. The van der Waals surface area contributed by atoms with E-state index in [1.54, 1.807) is 0 Å². The highest BCUT2D eigenvalue weighted by Gasteiger charge is 2.24. The monoisotopic (exact) mass is 262 g/mol. The number of hydrogen-bond acceptors (Lipinski definition) is 1. The highest BCUT2D eigenvalue weighted by Crippen LogP contribution is 2.36. The molecule has 108 valence electrons. The SMILES string of the molecule is CCC(C)(C)Oc1c(C)cc(C(C)(C)C)c(C)c1C. The van der Waals surface area contributed by atoms with Crippen LogP contribution in [0.2, 0.25) is 0 Å². The molecule has 0 aromatic heterocycles. The molecule has 0 aliphatic carbocycles. The van der Waals surface area contributed by atoms with Gasteiger partial charge in [0.05, 0.1) is 0 Å². The molecule has 1 aromatic rings. The van der Waals surface area contributed by atoms with Crippen molar-refractivity contribution in [1.82, 2.24) is 0 Å². The average molecular weight is 262 g/mol. The zero-order chi connectivity index (χ0) is 15.0. The van der Waals surface area contributed by atoms with E-state index in [-0.39, 0.29) is 11.0 Å². The third-order valence-corrected chi connectivity index (χ3v) is 4.06. The minimum atomic E-state index is -0.106. The highest BCUT2D eigenvalue weighted by atomic mass is 16.5. The molecule has 0 aliphatic heterocycles. The Hall–Kier alpha value is -0.980. The molecule has 1 heteroatoms. The maximum Gasteiger partial charge on any atom is 0.126 e. The van der Waals surface area contributed by atoms with E-state index in [1.807, 2.05) is 0 Å². The summed E-state index contributed by atoms with van der Waals surface area (Å²) < 4.78 is 6.26. The van der Waals surface area contributed by atoms with Crippen LogP contribution in [0, 0.1) is 20.8 Å². The second kappa shape index (κ2) is 5.19. The summed E-state index contributed by atoms with van der Waals surface area (Å²) in [6.45, 7) is 19.8. The van der Waals surface area contributed by atoms with Crippen molar-refractivity contribution in [3.8, 4) is 5.75 Å². The molecule has 19 heavy (non-hydrogen) atoms. The zero-order valence-electron chi connectivity index (χ0n) is 14.2. The Kier molecular flexibility index (Phi) is 4.39. The maximum absolute atomic E-state index is 6.26. The van der Waals surface area contributed by atoms with Crippen molar-refractivity contribution in [3.05, 3.63) is 28.3 Å². The van der Waals surface area contributed by atoms with Crippen LogP contribution in [0.4, 0.5) is 0 Å². The third-order valence-electron chi connectivity index (χ3n) is 4.06. The van der Waals surface area contributed by atoms with Crippen LogP contribution in [-0.4, -0.2) is 5.60 Å². The number of aryl methyl sites for hydroxylation is 1. The fraction of sp³-hybridized carbons (Fsp3) is 0.667. The van der Waals surface area contributed by atoms with Crippen molar-refractivity contribution in [3.63, 3.8) is 0 Å². The van der Waals surface area contributed by atoms with Gasteiger partial charge in [-0.3, -0.25) is 0 Å². The van der Waals surface area contributed by atoms with E-state index in [0.29, 0.717) is 0 Å². The Morgan fingerprint density at radius 3 is 1.89 bits per heavy atom. The van der Waals surface area contributed by atoms with E-state index in [9.17, 15) is 0 Å².